The Morgan fingerprint density at radius 2 is 2.21 bits per heavy atom. The predicted octanol–water partition coefficient (Wildman–Crippen LogP) is 3.57. The van der Waals surface area contributed by atoms with E-state index in [1.54, 1.807) is 23.6 Å². The Morgan fingerprint density at radius 1 is 1.42 bits per heavy atom. The lowest BCUT2D eigenvalue weighted by atomic mass is 10.1. The summed E-state index contributed by atoms with van der Waals surface area (Å²) in [4.78, 5) is 4.30. The second-order valence-electron chi connectivity index (χ2n) is 4.28. The van der Waals surface area contributed by atoms with Crippen LogP contribution in [0.4, 0.5) is 0 Å². The molecule has 0 aliphatic carbocycles. The van der Waals surface area contributed by atoms with Crippen molar-refractivity contribution in [3.8, 4) is 0 Å². The molecule has 2 N–H and O–H groups in total. The van der Waals surface area contributed by atoms with E-state index in [1.165, 1.54) is 0 Å². The first-order valence-corrected chi connectivity index (χ1v) is 7.53. The third kappa shape index (κ3) is 3.76. The molecular weight excluding hydrogens is 280 g/mol. The first-order chi connectivity index (χ1) is 9.22. The summed E-state index contributed by atoms with van der Waals surface area (Å²) in [6, 6.07) is 7.55. The summed E-state index contributed by atoms with van der Waals surface area (Å²) in [6.45, 7) is 2.56. The molecule has 102 valence electrons. The average molecular weight is 297 g/mol. The number of aliphatic hydroxyl groups excluding tert-OH is 1. The lowest BCUT2D eigenvalue weighted by Crippen LogP contribution is -2.26. The molecule has 0 aliphatic rings. The number of aromatic nitrogens is 1. The first kappa shape index (κ1) is 14.5. The molecule has 2 aromatic rings. The summed E-state index contributed by atoms with van der Waals surface area (Å²) >= 11 is 7.69. The maximum absolute atomic E-state index is 10.2. The number of benzene rings is 1. The standard InChI is InChI=1S/C14H17ClN2OS/c1-2-12(14-16-7-8-19-14)17-9-13(18)10-5-3-4-6-11(10)15/h3-8,12-13,17-18H,2,9H2,1H3. The fraction of sp³-hybridized carbons (Fsp3) is 0.357. The molecule has 0 amide bonds. The summed E-state index contributed by atoms with van der Waals surface area (Å²) < 4.78 is 0. The van der Waals surface area contributed by atoms with Crippen molar-refractivity contribution in [2.45, 2.75) is 25.5 Å². The summed E-state index contributed by atoms with van der Waals surface area (Å²) in [5.41, 5.74) is 0.755. The molecule has 0 saturated heterocycles. The second-order valence-corrected chi connectivity index (χ2v) is 5.61. The molecule has 0 spiro atoms. The minimum atomic E-state index is -0.609. The number of hydrogen-bond acceptors (Lipinski definition) is 4. The zero-order chi connectivity index (χ0) is 13.7. The van der Waals surface area contributed by atoms with Crippen molar-refractivity contribution in [3.63, 3.8) is 0 Å². The van der Waals surface area contributed by atoms with E-state index in [0.29, 0.717) is 11.6 Å². The normalized spacial score (nSPS) is 14.3. The van der Waals surface area contributed by atoms with Crippen molar-refractivity contribution in [3.05, 3.63) is 51.4 Å². The van der Waals surface area contributed by atoms with Gasteiger partial charge < -0.3 is 10.4 Å². The van der Waals surface area contributed by atoms with Crippen LogP contribution in [0.1, 0.15) is 36.1 Å². The quantitative estimate of drug-likeness (QED) is 0.856. The van der Waals surface area contributed by atoms with Gasteiger partial charge in [-0.15, -0.1) is 11.3 Å². The van der Waals surface area contributed by atoms with E-state index in [0.717, 1.165) is 17.0 Å². The Balaban J connectivity index is 1.96. The maximum atomic E-state index is 10.2. The highest BCUT2D eigenvalue weighted by Gasteiger charge is 2.15. The van der Waals surface area contributed by atoms with Crippen molar-refractivity contribution in [2.75, 3.05) is 6.54 Å². The van der Waals surface area contributed by atoms with E-state index >= 15 is 0 Å². The highest BCUT2D eigenvalue weighted by molar-refractivity contribution is 7.09. The molecule has 19 heavy (non-hydrogen) atoms. The molecule has 1 heterocycles. The number of hydrogen-bond donors (Lipinski definition) is 2. The summed E-state index contributed by atoms with van der Waals surface area (Å²) in [5, 5.41) is 17.1. The first-order valence-electron chi connectivity index (χ1n) is 6.27. The molecule has 1 aromatic carbocycles. The van der Waals surface area contributed by atoms with Crippen LogP contribution < -0.4 is 5.32 Å². The predicted molar refractivity (Wildman–Crippen MR) is 79.6 cm³/mol. The zero-order valence-electron chi connectivity index (χ0n) is 10.7. The van der Waals surface area contributed by atoms with Crippen molar-refractivity contribution < 1.29 is 5.11 Å². The van der Waals surface area contributed by atoms with Crippen LogP contribution in [-0.4, -0.2) is 16.6 Å². The topological polar surface area (TPSA) is 45.1 Å². The Labute approximate surface area is 122 Å². The van der Waals surface area contributed by atoms with E-state index in [1.807, 2.05) is 23.6 Å². The van der Waals surface area contributed by atoms with Crippen molar-refractivity contribution in [1.29, 1.82) is 0 Å². The number of rotatable bonds is 6. The van der Waals surface area contributed by atoms with Gasteiger partial charge in [0.1, 0.15) is 5.01 Å². The van der Waals surface area contributed by atoms with Crippen molar-refractivity contribution in [1.82, 2.24) is 10.3 Å². The van der Waals surface area contributed by atoms with E-state index in [2.05, 4.69) is 17.2 Å². The van der Waals surface area contributed by atoms with Gasteiger partial charge in [0.2, 0.25) is 0 Å². The minimum Gasteiger partial charge on any atom is -0.387 e. The van der Waals surface area contributed by atoms with Crippen LogP contribution >= 0.6 is 22.9 Å². The molecule has 2 unspecified atom stereocenters. The molecule has 0 bridgehead atoms. The van der Waals surface area contributed by atoms with Gasteiger partial charge in [0.05, 0.1) is 12.1 Å². The Kier molecular flexibility index (Phi) is 5.34. The molecule has 5 heteroatoms. The average Bonchev–Trinajstić information content (AvgIpc) is 2.94. The molecule has 0 saturated carbocycles. The molecule has 0 radical (unpaired) electrons. The van der Waals surface area contributed by atoms with Gasteiger partial charge in [0.25, 0.3) is 0 Å². The smallest absolute Gasteiger partial charge is 0.109 e. The minimum absolute atomic E-state index is 0.178. The molecule has 2 rings (SSSR count). The molecular formula is C14H17ClN2OS. The van der Waals surface area contributed by atoms with Crippen LogP contribution in [0.5, 0.6) is 0 Å². The van der Waals surface area contributed by atoms with E-state index in [9.17, 15) is 5.11 Å². The van der Waals surface area contributed by atoms with E-state index in [-0.39, 0.29) is 6.04 Å². The number of thiazole rings is 1. The molecule has 1 aromatic heterocycles. The fourth-order valence-electron chi connectivity index (χ4n) is 1.92. The van der Waals surface area contributed by atoms with Crippen LogP contribution in [0.15, 0.2) is 35.8 Å². The van der Waals surface area contributed by atoms with Gasteiger partial charge >= 0.3 is 0 Å². The molecule has 3 nitrogen and oxygen atoms in total. The van der Waals surface area contributed by atoms with E-state index < -0.39 is 6.10 Å². The lowest BCUT2D eigenvalue weighted by Gasteiger charge is -2.18. The lowest BCUT2D eigenvalue weighted by molar-refractivity contribution is 0.169. The van der Waals surface area contributed by atoms with Crippen LogP contribution in [-0.2, 0) is 0 Å². The summed E-state index contributed by atoms with van der Waals surface area (Å²) in [6.07, 6.45) is 2.13. The number of nitrogens with zero attached hydrogens (tertiary/aromatic N) is 1. The fourth-order valence-corrected chi connectivity index (χ4v) is 2.98. The van der Waals surface area contributed by atoms with Gasteiger partial charge in [-0.3, -0.25) is 0 Å². The van der Waals surface area contributed by atoms with Crippen LogP contribution in [0.25, 0.3) is 0 Å². The van der Waals surface area contributed by atoms with E-state index in [4.69, 9.17) is 11.6 Å². The monoisotopic (exact) mass is 296 g/mol. The van der Waals surface area contributed by atoms with Crippen LogP contribution in [0.3, 0.4) is 0 Å². The van der Waals surface area contributed by atoms with Gasteiger partial charge in [-0.2, -0.15) is 0 Å². The third-order valence-electron chi connectivity index (χ3n) is 2.98. The van der Waals surface area contributed by atoms with Gasteiger partial charge in [0, 0.05) is 28.7 Å². The van der Waals surface area contributed by atoms with Gasteiger partial charge in [-0.1, -0.05) is 36.7 Å². The molecule has 0 fully saturated rings. The third-order valence-corrected chi connectivity index (χ3v) is 4.21. The molecule has 2 atom stereocenters. The Bertz CT molecular complexity index is 504. The number of aliphatic hydroxyl groups is 1. The number of halogens is 1. The highest BCUT2D eigenvalue weighted by atomic mass is 35.5. The summed E-state index contributed by atoms with van der Waals surface area (Å²) in [7, 11) is 0. The zero-order valence-corrected chi connectivity index (χ0v) is 12.3. The SMILES string of the molecule is CCC(NCC(O)c1ccccc1Cl)c1nccs1. The van der Waals surface area contributed by atoms with Crippen LogP contribution in [0, 0.1) is 0 Å². The Hall–Kier alpha value is -0.940. The second kappa shape index (κ2) is 7.01. The van der Waals surface area contributed by atoms with Crippen LogP contribution in [0.2, 0.25) is 5.02 Å². The van der Waals surface area contributed by atoms with Gasteiger partial charge in [0.15, 0.2) is 0 Å². The summed E-state index contributed by atoms with van der Waals surface area (Å²) in [5.74, 6) is 0. The van der Waals surface area contributed by atoms with Gasteiger partial charge in [-0.25, -0.2) is 4.98 Å². The van der Waals surface area contributed by atoms with Crippen molar-refractivity contribution >= 4 is 22.9 Å². The highest BCUT2D eigenvalue weighted by Crippen LogP contribution is 2.24. The maximum Gasteiger partial charge on any atom is 0.109 e. The van der Waals surface area contributed by atoms with Gasteiger partial charge in [-0.05, 0) is 12.5 Å². The molecule has 0 aliphatic heterocycles. The Morgan fingerprint density at radius 3 is 2.84 bits per heavy atom. The number of nitrogens with one attached hydrogen (secondary N) is 1. The van der Waals surface area contributed by atoms with Crippen molar-refractivity contribution in [2.24, 2.45) is 0 Å². The largest absolute Gasteiger partial charge is 0.387 e.